The number of hydrogen-bond donors (Lipinski definition) is 1. The third kappa shape index (κ3) is 0.455. The summed E-state index contributed by atoms with van der Waals surface area (Å²) in [5, 5.41) is 0. The highest BCUT2D eigenvalue weighted by Gasteiger charge is 2.50. The molecule has 0 unspecified atom stereocenters. The first-order chi connectivity index (χ1) is 3.79. The Morgan fingerprint density at radius 3 is 2.12 bits per heavy atom. The van der Waals surface area contributed by atoms with Gasteiger partial charge in [-0.1, -0.05) is 6.92 Å². The van der Waals surface area contributed by atoms with Gasteiger partial charge in [0.25, 0.3) is 0 Å². The number of nitrogens with two attached hydrogens (primary N) is 1. The van der Waals surface area contributed by atoms with Crippen molar-refractivity contribution in [1.82, 2.24) is 0 Å². The minimum Gasteiger partial charge on any atom is -0.327 e. The molecule has 0 aromatic carbocycles. The molecule has 0 aliphatic heterocycles. The first-order valence-electron chi connectivity index (χ1n) is 3.54. The monoisotopic (exact) mass is 111 g/mol. The van der Waals surface area contributed by atoms with E-state index in [0.29, 0.717) is 6.04 Å². The van der Waals surface area contributed by atoms with E-state index in [-0.39, 0.29) is 0 Å². The lowest BCUT2D eigenvalue weighted by Crippen LogP contribution is -2.19. The number of fused-ring (bicyclic) bond motifs is 1. The van der Waals surface area contributed by atoms with Crippen LogP contribution in [-0.2, 0) is 0 Å². The van der Waals surface area contributed by atoms with Gasteiger partial charge in [-0.3, -0.25) is 0 Å². The summed E-state index contributed by atoms with van der Waals surface area (Å²) in [7, 11) is 0. The summed E-state index contributed by atoms with van der Waals surface area (Å²) >= 11 is 0. The molecular weight excluding hydrogens is 98.1 g/mol. The van der Waals surface area contributed by atoms with Crippen molar-refractivity contribution in [3.8, 4) is 0 Å². The second kappa shape index (κ2) is 1.27. The topological polar surface area (TPSA) is 26.0 Å². The molecule has 1 heteroatoms. The van der Waals surface area contributed by atoms with Crippen LogP contribution in [0.3, 0.4) is 0 Å². The van der Waals surface area contributed by atoms with Crippen LogP contribution in [0.4, 0.5) is 0 Å². The van der Waals surface area contributed by atoms with E-state index < -0.39 is 0 Å². The molecule has 4 atom stereocenters. The summed E-state index contributed by atoms with van der Waals surface area (Å²) in [4.78, 5) is 0. The Bertz CT molecular complexity index is 95.0. The molecule has 2 saturated carbocycles. The summed E-state index contributed by atoms with van der Waals surface area (Å²) in [5.74, 6) is 2.91. The Hall–Kier alpha value is -0.0400. The Morgan fingerprint density at radius 1 is 1.25 bits per heavy atom. The van der Waals surface area contributed by atoms with E-state index in [1.54, 1.807) is 0 Å². The van der Waals surface area contributed by atoms with E-state index in [9.17, 15) is 0 Å². The molecule has 46 valence electrons. The molecule has 0 amide bonds. The normalized spacial score (nSPS) is 60.8. The van der Waals surface area contributed by atoms with Crippen molar-refractivity contribution in [2.75, 3.05) is 0 Å². The van der Waals surface area contributed by atoms with Crippen molar-refractivity contribution in [3.63, 3.8) is 0 Å². The molecular formula is C7H13N. The summed E-state index contributed by atoms with van der Waals surface area (Å²) in [5.41, 5.74) is 5.81. The van der Waals surface area contributed by atoms with Crippen molar-refractivity contribution in [2.24, 2.45) is 23.5 Å². The molecule has 8 heavy (non-hydrogen) atoms. The lowest BCUT2D eigenvalue weighted by molar-refractivity contribution is 0.503. The van der Waals surface area contributed by atoms with Crippen LogP contribution < -0.4 is 5.73 Å². The molecule has 2 aliphatic carbocycles. The quantitative estimate of drug-likeness (QED) is 0.495. The lowest BCUT2D eigenvalue weighted by atomic mass is 10.1. The van der Waals surface area contributed by atoms with Crippen LogP contribution >= 0.6 is 0 Å². The smallest absolute Gasteiger partial charge is 0.00726 e. The maximum Gasteiger partial charge on any atom is 0.00726 e. The van der Waals surface area contributed by atoms with Crippen molar-refractivity contribution in [2.45, 2.75) is 25.8 Å². The fraction of sp³-hybridized carbons (Fsp3) is 1.00. The zero-order valence-electron chi connectivity index (χ0n) is 5.30. The average Bonchev–Trinajstić information content (AvgIpc) is 2.35. The third-order valence-corrected chi connectivity index (χ3v) is 2.82. The van der Waals surface area contributed by atoms with Crippen LogP contribution in [0, 0.1) is 17.8 Å². The van der Waals surface area contributed by atoms with Crippen molar-refractivity contribution < 1.29 is 0 Å². The van der Waals surface area contributed by atoms with Gasteiger partial charge in [-0.25, -0.2) is 0 Å². The maximum absolute atomic E-state index is 5.81. The van der Waals surface area contributed by atoms with Gasteiger partial charge in [-0.15, -0.1) is 0 Å². The van der Waals surface area contributed by atoms with Gasteiger partial charge in [0.05, 0.1) is 0 Å². The standard InChI is InChI=1S/C7H13N/c1-4-2-7(8)6-3-5(4)6/h4-7H,2-3,8H2,1H3/t4-,5-,6-,7+/m0/s1. The molecule has 0 radical (unpaired) electrons. The van der Waals surface area contributed by atoms with E-state index in [4.69, 9.17) is 5.73 Å². The van der Waals surface area contributed by atoms with Crippen molar-refractivity contribution >= 4 is 0 Å². The second-order valence-electron chi connectivity index (χ2n) is 3.44. The molecule has 0 saturated heterocycles. The molecule has 0 spiro atoms. The molecule has 2 N–H and O–H groups in total. The molecule has 2 aliphatic rings. The molecule has 0 bridgehead atoms. The highest BCUT2D eigenvalue weighted by Crippen LogP contribution is 2.54. The molecule has 0 aromatic heterocycles. The van der Waals surface area contributed by atoms with Gasteiger partial charge in [0.2, 0.25) is 0 Å². The van der Waals surface area contributed by atoms with Crippen LogP contribution in [-0.4, -0.2) is 6.04 Å². The van der Waals surface area contributed by atoms with Gasteiger partial charge in [-0.2, -0.15) is 0 Å². The van der Waals surface area contributed by atoms with Gasteiger partial charge >= 0.3 is 0 Å². The van der Waals surface area contributed by atoms with Crippen molar-refractivity contribution in [3.05, 3.63) is 0 Å². The van der Waals surface area contributed by atoms with Crippen molar-refractivity contribution in [1.29, 1.82) is 0 Å². The van der Waals surface area contributed by atoms with Crippen LogP contribution in [0.1, 0.15) is 19.8 Å². The van der Waals surface area contributed by atoms with Gasteiger partial charge < -0.3 is 5.73 Å². The molecule has 0 heterocycles. The Morgan fingerprint density at radius 2 is 2.00 bits per heavy atom. The molecule has 1 nitrogen and oxygen atoms in total. The Balaban J connectivity index is 2.09. The van der Waals surface area contributed by atoms with Gasteiger partial charge in [-0.05, 0) is 30.6 Å². The zero-order chi connectivity index (χ0) is 5.72. The molecule has 2 fully saturated rings. The fourth-order valence-electron chi connectivity index (χ4n) is 2.16. The van der Waals surface area contributed by atoms with E-state index in [1.165, 1.54) is 12.8 Å². The van der Waals surface area contributed by atoms with Gasteiger partial charge in [0.15, 0.2) is 0 Å². The Kier molecular flexibility index (Phi) is 0.762. The second-order valence-corrected chi connectivity index (χ2v) is 3.44. The van der Waals surface area contributed by atoms with E-state index in [0.717, 1.165) is 17.8 Å². The predicted octanol–water partition coefficient (Wildman–Crippen LogP) is 0.990. The van der Waals surface area contributed by atoms with Gasteiger partial charge in [0, 0.05) is 6.04 Å². The first-order valence-corrected chi connectivity index (χ1v) is 3.54. The Labute approximate surface area is 50.3 Å². The average molecular weight is 111 g/mol. The number of rotatable bonds is 0. The van der Waals surface area contributed by atoms with E-state index in [2.05, 4.69) is 6.92 Å². The minimum absolute atomic E-state index is 0.565. The predicted molar refractivity (Wildman–Crippen MR) is 33.4 cm³/mol. The van der Waals surface area contributed by atoms with E-state index in [1.807, 2.05) is 0 Å². The molecule has 2 rings (SSSR count). The van der Waals surface area contributed by atoms with Crippen LogP contribution in [0.5, 0.6) is 0 Å². The lowest BCUT2D eigenvalue weighted by Gasteiger charge is -2.05. The summed E-state index contributed by atoms with van der Waals surface area (Å²) in [6, 6.07) is 0.565. The minimum atomic E-state index is 0.565. The maximum atomic E-state index is 5.81. The summed E-state index contributed by atoms with van der Waals surface area (Å²) < 4.78 is 0. The highest BCUT2D eigenvalue weighted by molar-refractivity contribution is 5.03. The van der Waals surface area contributed by atoms with Crippen LogP contribution in [0.15, 0.2) is 0 Å². The third-order valence-electron chi connectivity index (χ3n) is 2.82. The number of hydrogen-bond acceptors (Lipinski definition) is 1. The molecule has 0 aromatic rings. The van der Waals surface area contributed by atoms with E-state index >= 15 is 0 Å². The largest absolute Gasteiger partial charge is 0.327 e. The zero-order valence-corrected chi connectivity index (χ0v) is 5.30. The summed E-state index contributed by atoms with van der Waals surface area (Å²) in [6.07, 6.45) is 2.72. The van der Waals surface area contributed by atoms with Crippen LogP contribution in [0.25, 0.3) is 0 Å². The summed E-state index contributed by atoms with van der Waals surface area (Å²) in [6.45, 7) is 2.33. The highest BCUT2D eigenvalue weighted by atomic mass is 14.8. The van der Waals surface area contributed by atoms with Gasteiger partial charge in [0.1, 0.15) is 0 Å². The SMILES string of the molecule is C[C@H]1C[C@@H](N)[C@H]2C[C@H]21. The van der Waals surface area contributed by atoms with Crippen LogP contribution in [0.2, 0.25) is 0 Å². The first kappa shape index (κ1) is 4.80. The fourth-order valence-corrected chi connectivity index (χ4v) is 2.16.